The minimum Gasteiger partial charge on any atom is -0.300 e. The van der Waals surface area contributed by atoms with Crippen LogP contribution in [0, 0.1) is 11.7 Å². The van der Waals surface area contributed by atoms with E-state index >= 15 is 0 Å². The summed E-state index contributed by atoms with van der Waals surface area (Å²) < 4.78 is 39.9. The van der Waals surface area contributed by atoms with Crippen LogP contribution >= 0.6 is 11.3 Å². The molecule has 27 heavy (non-hydrogen) atoms. The number of benzene rings is 1. The first-order valence-electron chi connectivity index (χ1n) is 8.67. The predicted octanol–water partition coefficient (Wildman–Crippen LogP) is 2.84. The number of nitrogens with zero attached hydrogens (tertiary/aromatic N) is 3. The van der Waals surface area contributed by atoms with Crippen LogP contribution in [0.15, 0.2) is 29.2 Å². The Bertz CT molecular complexity index is 913. The summed E-state index contributed by atoms with van der Waals surface area (Å²) in [5, 5.41) is 12.0. The number of hydrogen-bond acceptors (Lipinski definition) is 6. The lowest BCUT2D eigenvalue weighted by Gasteiger charge is -2.31. The lowest BCUT2D eigenvalue weighted by Crippen LogP contribution is -2.43. The highest BCUT2D eigenvalue weighted by Crippen LogP contribution is 2.26. The van der Waals surface area contributed by atoms with E-state index in [0.717, 1.165) is 17.1 Å². The van der Waals surface area contributed by atoms with E-state index in [4.69, 9.17) is 0 Å². The van der Waals surface area contributed by atoms with Gasteiger partial charge in [0.2, 0.25) is 21.1 Å². The molecule has 1 atom stereocenters. The summed E-state index contributed by atoms with van der Waals surface area (Å²) in [6.45, 7) is 4.40. The van der Waals surface area contributed by atoms with Crippen molar-refractivity contribution in [3.05, 3.63) is 35.1 Å². The molecule has 0 spiro atoms. The van der Waals surface area contributed by atoms with Crippen molar-refractivity contribution in [3.63, 3.8) is 0 Å². The second-order valence-electron chi connectivity index (χ2n) is 6.75. The minimum absolute atomic E-state index is 0.0238. The number of anilines is 1. The predicted molar refractivity (Wildman–Crippen MR) is 101 cm³/mol. The molecule has 1 N–H and O–H groups in total. The van der Waals surface area contributed by atoms with Crippen LogP contribution in [0.3, 0.4) is 0 Å². The lowest BCUT2D eigenvalue weighted by atomic mass is 9.99. The van der Waals surface area contributed by atoms with Crippen LogP contribution in [0.5, 0.6) is 0 Å². The molecule has 3 rings (SSSR count). The average molecular weight is 413 g/mol. The number of carbonyl (C=O) groups excluding carboxylic acids is 1. The van der Waals surface area contributed by atoms with Gasteiger partial charge < -0.3 is 5.32 Å². The van der Waals surface area contributed by atoms with Crippen LogP contribution in [0.4, 0.5) is 9.52 Å². The molecule has 1 aliphatic heterocycles. The van der Waals surface area contributed by atoms with Gasteiger partial charge in [-0.05, 0) is 37.1 Å². The summed E-state index contributed by atoms with van der Waals surface area (Å²) in [6.07, 6.45) is 1.17. The fraction of sp³-hybridized carbons (Fsp3) is 0.471. The molecule has 1 saturated heterocycles. The standard InChI is InChI=1S/C17H21FN4O3S2/c1-11(2)16-20-21-17(26-16)19-15(23)12-4-3-9-22(10-12)27(24,25)14-7-5-13(18)6-8-14/h5-8,11-12H,3-4,9-10H2,1-2H3,(H,19,21,23)/t12-/m0/s1. The maximum Gasteiger partial charge on any atom is 0.243 e. The number of hydrogen-bond donors (Lipinski definition) is 1. The zero-order chi connectivity index (χ0) is 19.6. The van der Waals surface area contributed by atoms with E-state index in [0.29, 0.717) is 24.5 Å². The van der Waals surface area contributed by atoms with Gasteiger partial charge in [-0.25, -0.2) is 12.8 Å². The number of piperidine rings is 1. The molecule has 0 bridgehead atoms. The summed E-state index contributed by atoms with van der Waals surface area (Å²) in [4.78, 5) is 12.6. The third kappa shape index (κ3) is 4.50. The molecule has 2 aromatic rings. The van der Waals surface area contributed by atoms with E-state index in [-0.39, 0.29) is 23.3 Å². The number of amides is 1. The zero-order valence-corrected chi connectivity index (χ0v) is 16.7. The normalized spacial score (nSPS) is 18.6. The van der Waals surface area contributed by atoms with Gasteiger partial charge in [0.15, 0.2) is 0 Å². The average Bonchev–Trinajstić information content (AvgIpc) is 3.11. The highest BCUT2D eigenvalue weighted by atomic mass is 32.2. The summed E-state index contributed by atoms with van der Waals surface area (Å²) in [5.74, 6) is -1.01. The van der Waals surface area contributed by atoms with E-state index in [1.54, 1.807) is 0 Å². The van der Waals surface area contributed by atoms with Crippen molar-refractivity contribution in [2.75, 3.05) is 18.4 Å². The van der Waals surface area contributed by atoms with Crippen LogP contribution in [-0.4, -0.2) is 41.9 Å². The first kappa shape index (κ1) is 19.8. The van der Waals surface area contributed by atoms with Crippen molar-refractivity contribution in [3.8, 4) is 0 Å². The van der Waals surface area contributed by atoms with Gasteiger partial charge in [-0.1, -0.05) is 25.2 Å². The number of halogens is 1. The smallest absolute Gasteiger partial charge is 0.243 e. The van der Waals surface area contributed by atoms with Gasteiger partial charge in [-0.2, -0.15) is 4.31 Å². The summed E-state index contributed by atoms with van der Waals surface area (Å²) in [6, 6.07) is 4.71. The molecule has 146 valence electrons. The van der Waals surface area contributed by atoms with Crippen molar-refractivity contribution in [1.82, 2.24) is 14.5 Å². The molecule has 1 aromatic heterocycles. The summed E-state index contributed by atoms with van der Waals surface area (Å²) in [5.41, 5.74) is 0. The van der Waals surface area contributed by atoms with Crippen molar-refractivity contribution >= 4 is 32.4 Å². The third-order valence-electron chi connectivity index (χ3n) is 4.37. The van der Waals surface area contributed by atoms with Gasteiger partial charge in [-0.15, -0.1) is 10.2 Å². The number of carbonyl (C=O) groups is 1. The Morgan fingerprint density at radius 3 is 2.63 bits per heavy atom. The summed E-state index contributed by atoms with van der Waals surface area (Å²) in [7, 11) is -3.76. The monoisotopic (exact) mass is 412 g/mol. The second-order valence-corrected chi connectivity index (χ2v) is 9.69. The minimum atomic E-state index is -3.76. The first-order valence-corrected chi connectivity index (χ1v) is 10.9. The molecule has 0 unspecified atom stereocenters. The van der Waals surface area contributed by atoms with E-state index in [2.05, 4.69) is 15.5 Å². The maximum atomic E-state index is 13.1. The third-order valence-corrected chi connectivity index (χ3v) is 7.39. The van der Waals surface area contributed by atoms with E-state index in [1.807, 2.05) is 13.8 Å². The van der Waals surface area contributed by atoms with Crippen LogP contribution in [0.2, 0.25) is 0 Å². The Labute approximate surface area is 161 Å². The quantitative estimate of drug-likeness (QED) is 0.815. The van der Waals surface area contributed by atoms with Crippen LogP contribution in [0.1, 0.15) is 37.6 Å². The molecule has 1 fully saturated rings. The number of nitrogens with one attached hydrogen (secondary N) is 1. The van der Waals surface area contributed by atoms with Crippen molar-refractivity contribution in [2.45, 2.75) is 37.5 Å². The molecule has 0 radical (unpaired) electrons. The highest BCUT2D eigenvalue weighted by molar-refractivity contribution is 7.89. The fourth-order valence-corrected chi connectivity index (χ4v) is 5.13. The topological polar surface area (TPSA) is 92.3 Å². The molecule has 7 nitrogen and oxygen atoms in total. The van der Waals surface area contributed by atoms with Crippen molar-refractivity contribution in [1.29, 1.82) is 0 Å². The van der Waals surface area contributed by atoms with Crippen molar-refractivity contribution < 1.29 is 17.6 Å². The molecule has 0 saturated carbocycles. The Hall–Kier alpha value is -1.91. The number of aromatic nitrogens is 2. The van der Waals surface area contributed by atoms with Crippen molar-refractivity contribution in [2.24, 2.45) is 5.92 Å². The fourth-order valence-electron chi connectivity index (χ4n) is 2.86. The Kier molecular flexibility index (Phi) is 5.87. The Morgan fingerprint density at radius 2 is 2.00 bits per heavy atom. The van der Waals surface area contributed by atoms with Crippen LogP contribution < -0.4 is 5.32 Å². The largest absolute Gasteiger partial charge is 0.300 e. The van der Waals surface area contributed by atoms with Gasteiger partial charge in [0, 0.05) is 19.0 Å². The van der Waals surface area contributed by atoms with E-state index < -0.39 is 21.8 Å². The molecule has 1 aliphatic rings. The van der Waals surface area contributed by atoms with Gasteiger partial charge >= 0.3 is 0 Å². The molecule has 10 heteroatoms. The molecular weight excluding hydrogens is 391 g/mol. The van der Waals surface area contributed by atoms with E-state index in [9.17, 15) is 17.6 Å². The number of sulfonamides is 1. The van der Waals surface area contributed by atoms with E-state index in [1.165, 1.54) is 27.8 Å². The molecular formula is C17H21FN4O3S2. The lowest BCUT2D eigenvalue weighted by molar-refractivity contribution is -0.120. The van der Waals surface area contributed by atoms with Gasteiger partial charge in [0.1, 0.15) is 10.8 Å². The molecule has 0 aliphatic carbocycles. The zero-order valence-electron chi connectivity index (χ0n) is 15.1. The Morgan fingerprint density at radius 1 is 1.30 bits per heavy atom. The molecule has 1 amide bonds. The Balaban J connectivity index is 1.69. The second kappa shape index (κ2) is 7.99. The molecule has 1 aromatic carbocycles. The van der Waals surface area contributed by atoms with Gasteiger partial charge in [0.05, 0.1) is 10.8 Å². The molecule has 2 heterocycles. The highest BCUT2D eigenvalue weighted by Gasteiger charge is 2.33. The van der Waals surface area contributed by atoms with Crippen LogP contribution in [-0.2, 0) is 14.8 Å². The van der Waals surface area contributed by atoms with Gasteiger partial charge in [-0.3, -0.25) is 4.79 Å². The summed E-state index contributed by atoms with van der Waals surface area (Å²) >= 11 is 1.32. The SMILES string of the molecule is CC(C)c1nnc(NC(=O)[C@H]2CCCN(S(=O)(=O)c3ccc(F)cc3)C2)s1. The first-order chi connectivity index (χ1) is 12.8. The number of rotatable bonds is 5. The van der Waals surface area contributed by atoms with Gasteiger partial charge in [0.25, 0.3) is 0 Å². The maximum absolute atomic E-state index is 13.1. The van der Waals surface area contributed by atoms with Crippen LogP contribution in [0.25, 0.3) is 0 Å².